The van der Waals surface area contributed by atoms with Crippen LogP contribution in [0.4, 0.5) is 17.1 Å². The highest BCUT2D eigenvalue weighted by Crippen LogP contribution is 2.45. The lowest BCUT2D eigenvalue weighted by Crippen LogP contribution is -2.10. The smallest absolute Gasteiger partial charge is 0.143 e. The zero-order chi connectivity index (χ0) is 41.7. The zero-order valence-electron chi connectivity index (χ0n) is 34.4. The van der Waals surface area contributed by atoms with Crippen molar-refractivity contribution in [2.75, 3.05) is 4.90 Å². The standard InChI is InChI=1S/C60H40N2O/c1-4-17-41(18-5-1)42-19-14-25-48(37-42)61(46-21-6-2-7-22-46)49-26-15-20-45(38-49)50-35-33-43(39-55(50)54-30-16-29-53-52-28-11-13-32-59(52)63-60(53)54)44-34-36-58-56(40-44)51-27-10-12-31-57(51)62(58)47-23-8-3-9-24-47/h1-40H. The molecule has 0 radical (unpaired) electrons. The Bertz CT molecular complexity index is 3620. The maximum Gasteiger partial charge on any atom is 0.143 e. The molecule has 0 atom stereocenters. The molecular weight excluding hydrogens is 765 g/mol. The molecule has 0 fully saturated rings. The average Bonchev–Trinajstić information content (AvgIpc) is 3.91. The third-order valence-electron chi connectivity index (χ3n) is 12.4. The summed E-state index contributed by atoms with van der Waals surface area (Å²) in [7, 11) is 0. The molecule has 12 aromatic rings. The first-order valence-electron chi connectivity index (χ1n) is 21.5. The molecular formula is C60H40N2O. The molecule has 2 aromatic heterocycles. The number of furan rings is 1. The van der Waals surface area contributed by atoms with Gasteiger partial charge in [0.05, 0.1) is 11.0 Å². The van der Waals surface area contributed by atoms with Gasteiger partial charge in [-0.15, -0.1) is 0 Å². The number of benzene rings is 10. The first-order chi connectivity index (χ1) is 31.2. The maximum atomic E-state index is 6.74. The monoisotopic (exact) mass is 804 g/mol. The maximum absolute atomic E-state index is 6.74. The van der Waals surface area contributed by atoms with E-state index in [4.69, 9.17) is 4.42 Å². The summed E-state index contributed by atoms with van der Waals surface area (Å²) in [6.07, 6.45) is 0. The summed E-state index contributed by atoms with van der Waals surface area (Å²) in [6.45, 7) is 0. The van der Waals surface area contributed by atoms with Crippen LogP contribution in [0.15, 0.2) is 247 Å². The lowest BCUT2D eigenvalue weighted by atomic mass is 9.89. The van der Waals surface area contributed by atoms with Gasteiger partial charge in [-0.2, -0.15) is 0 Å². The molecule has 0 aliphatic heterocycles. The van der Waals surface area contributed by atoms with Crippen molar-refractivity contribution in [2.24, 2.45) is 0 Å². The Balaban J connectivity index is 1.05. The SMILES string of the molecule is c1ccc(-c2cccc(N(c3ccccc3)c3cccc(-c4ccc(-c5ccc6c(c5)c5ccccc5n6-c5ccccc5)cc4-c4cccc5c4oc4ccccc45)c3)c2)cc1. The molecule has 10 aromatic carbocycles. The number of rotatable bonds is 8. The Morgan fingerprint density at radius 3 is 1.67 bits per heavy atom. The largest absolute Gasteiger partial charge is 0.455 e. The number of aromatic nitrogens is 1. The second-order valence-electron chi connectivity index (χ2n) is 16.1. The van der Waals surface area contributed by atoms with Crippen LogP contribution in [0.5, 0.6) is 0 Å². The van der Waals surface area contributed by atoms with Gasteiger partial charge in [-0.05, 0) is 118 Å². The lowest BCUT2D eigenvalue weighted by Gasteiger charge is -2.26. The minimum atomic E-state index is 0.885. The van der Waals surface area contributed by atoms with E-state index in [-0.39, 0.29) is 0 Å². The first kappa shape index (κ1) is 36.5. The summed E-state index contributed by atoms with van der Waals surface area (Å²) in [5.74, 6) is 0. The van der Waals surface area contributed by atoms with Gasteiger partial charge in [0.15, 0.2) is 0 Å². The van der Waals surface area contributed by atoms with Crippen molar-refractivity contribution >= 4 is 60.8 Å². The molecule has 0 spiro atoms. The van der Waals surface area contributed by atoms with Crippen LogP contribution >= 0.6 is 0 Å². The van der Waals surface area contributed by atoms with Gasteiger partial charge in [0.25, 0.3) is 0 Å². The van der Waals surface area contributed by atoms with Gasteiger partial charge in [-0.1, -0.05) is 164 Å². The highest BCUT2D eigenvalue weighted by Gasteiger charge is 2.20. The minimum absolute atomic E-state index is 0.885. The molecule has 296 valence electrons. The van der Waals surface area contributed by atoms with Gasteiger partial charge in [0, 0.05) is 49.9 Å². The van der Waals surface area contributed by atoms with Gasteiger partial charge in [-0.25, -0.2) is 0 Å². The van der Waals surface area contributed by atoms with Crippen molar-refractivity contribution in [3.8, 4) is 50.2 Å². The Morgan fingerprint density at radius 1 is 0.302 bits per heavy atom. The molecule has 0 aliphatic rings. The Morgan fingerprint density at radius 2 is 0.857 bits per heavy atom. The molecule has 3 heteroatoms. The number of hydrogen-bond acceptors (Lipinski definition) is 2. The van der Waals surface area contributed by atoms with Gasteiger partial charge < -0.3 is 13.9 Å². The highest BCUT2D eigenvalue weighted by molar-refractivity contribution is 6.12. The van der Waals surface area contributed by atoms with Crippen LogP contribution in [0.3, 0.4) is 0 Å². The average molecular weight is 805 g/mol. The minimum Gasteiger partial charge on any atom is -0.455 e. The summed E-state index contributed by atoms with van der Waals surface area (Å²) in [5, 5.41) is 4.68. The van der Waals surface area contributed by atoms with Crippen molar-refractivity contribution in [3.63, 3.8) is 0 Å². The van der Waals surface area contributed by atoms with Crippen LogP contribution in [-0.2, 0) is 0 Å². The fourth-order valence-electron chi connectivity index (χ4n) is 9.46. The van der Waals surface area contributed by atoms with Crippen molar-refractivity contribution < 1.29 is 4.42 Å². The van der Waals surface area contributed by atoms with E-state index in [9.17, 15) is 0 Å². The summed E-state index contributed by atoms with van der Waals surface area (Å²) >= 11 is 0. The van der Waals surface area contributed by atoms with E-state index in [0.29, 0.717) is 0 Å². The molecule has 0 aliphatic carbocycles. The van der Waals surface area contributed by atoms with E-state index < -0.39 is 0 Å². The summed E-state index contributed by atoms with van der Waals surface area (Å²) in [6, 6.07) is 87.1. The Kier molecular flexibility index (Phi) is 8.83. The number of anilines is 3. The van der Waals surface area contributed by atoms with Crippen LogP contribution in [0.25, 0.3) is 93.9 Å². The van der Waals surface area contributed by atoms with Crippen molar-refractivity contribution in [3.05, 3.63) is 243 Å². The first-order valence-corrected chi connectivity index (χ1v) is 21.5. The van der Waals surface area contributed by atoms with Crippen molar-refractivity contribution in [1.29, 1.82) is 0 Å². The van der Waals surface area contributed by atoms with Crippen molar-refractivity contribution in [2.45, 2.75) is 0 Å². The van der Waals surface area contributed by atoms with Gasteiger partial charge in [0.2, 0.25) is 0 Å². The number of hydrogen-bond donors (Lipinski definition) is 0. The van der Waals surface area contributed by atoms with E-state index in [0.717, 1.165) is 78.1 Å². The normalized spacial score (nSPS) is 11.5. The molecule has 0 bridgehead atoms. The van der Waals surface area contributed by atoms with Crippen LogP contribution in [-0.4, -0.2) is 4.57 Å². The molecule has 2 heterocycles. The number of fused-ring (bicyclic) bond motifs is 6. The zero-order valence-corrected chi connectivity index (χ0v) is 34.4. The van der Waals surface area contributed by atoms with Crippen LogP contribution in [0.2, 0.25) is 0 Å². The molecule has 0 amide bonds. The van der Waals surface area contributed by atoms with E-state index in [1.165, 1.54) is 32.9 Å². The summed E-state index contributed by atoms with van der Waals surface area (Å²) in [4.78, 5) is 2.35. The molecule has 3 nitrogen and oxygen atoms in total. The predicted molar refractivity (Wildman–Crippen MR) is 264 cm³/mol. The fraction of sp³-hybridized carbons (Fsp3) is 0. The number of para-hydroxylation sites is 5. The Hall–Kier alpha value is -8.40. The van der Waals surface area contributed by atoms with E-state index in [2.05, 4.69) is 246 Å². The van der Waals surface area contributed by atoms with E-state index in [1.807, 2.05) is 6.07 Å². The second-order valence-corrected chi connectivity index (χ2v) is 16.1. The van der Waals surface area contributed by atoms with E-state index in [1.54, 1.807) is 0 Å². The van der Waals surface area contributed by atoms with Crippen molar-refractivity contribution in [1.82, 2.24) is 4.57 Å². The lowest BCUT2D eigenvalue weighted by molar-refractivity contribution is 0.670. The van der Waals surface area contributed by atoms with Gasteiger partial charge in [0.1, 0.15) is 11.2 Å². The van der Waals surface area contributed by atoms with Crippen LogP contribution in [0, 0.1) is 0 Å². The molecule has 63 heavy (non-hydrogen) atoms. The molecule has 0 N–H and O–H groups in total. The molecule has 12 rings (SSSR count). The topological polar surface area (TPSA) is 21.3 Å². The Labute approximate surface area is 366 Å². The predicted octanol–water partition coefficient (Wildman–Crippen LogP) is 16.8. The quantitative estimate of drug-likeness (QED) is 0.153. The van der Waals surface area contributed by atoms with Gasteiger partial charge >= 0.3 is 0 Å². The third-order valence-corrected chi connectivity index (χ3v) is 12.4. The van der Waals surface area contributed by atoms with Crippen LogP contribution < -0.4 is 4.90 Å². The second kappa shape index (κ2) is 15.3. The van der Waals surface area contributed by atoms with Gasteiger partial charge in [-0.3, -0.25) is 0 Å². The molecule has 0 saturated heterocycles. The van der Waals surface area contributed by atoms with E-state index >= 15 is 0 Å². The summed E-state index contributed by atoms with van der Waals surface area (Å²) in [5.41, 5.74) is 17.6. The highest BCUT2D eigenvalue weighted by atomic mass is 16.3. The fourth-order valence-corrected chi connectivity index (χ4v) is 9.46. The molecule has 0 saturated carbocycles. The number of nitrogens with zero attached hydrogens (tertiary/aromatic N) is 2. The third kappa shape index (κ3) is 6.38. The molecule has 0 unspecified atom stereocenters. The van der Waals surface area contributed by atoms with Crippen LogP contribution in [0.1, 0.15) is 0 Å². The summed E-state index contributed by atoms with van der Waals surface area (Å²) < 4.78 is 9.11.